The van der Waals surface area contributed by atoms with Crippen LogP contribution in [-0.2, 0) is 0 Å². The summed E-state index contributed by atoms with van der Waals surface area (Å²) in [6.07, 6.45) is 1.25. The minimum absolute atomic E-state index is 0.201. The van der Waals surface area contributed by atoms with Crippen LogP contribution in [0, 0.1) is 24.6 Å². The molecule has 4 heteroatoms. The lowest BCUT2D eigenvalue weighted by Gasteiger charge is -2.36. The summed E-state index contributed by atoms with van der Waals surface area (Å²) in [5, 5.41) is 3.83. The van der Waals surface area contributed by atoms with Gasteiger partial charge in [0.25, 0.3) is 0 Å². The van der Waals surface area contributed by atoms with Crippen LogP contribution in [0.5, 0.6) is 0 Å². The van der Waals surface area contributed by atoms with E-state index in [9.17, 15) is 4.39 Å². The van der Waals surface area contributed by atoms with E-state index in [1.165, 1.54) is 12.5 Å². The number of likely N-dealkylation sites (tertiary alicyclic amines) is 1. The summed E-state index contributed by atoms with van der Waals surface area (Å²) in [7, 11) is 0. The largest absolute Gasteiger partial charge is 0.348 e. The number of benzene rings is 1. The number of halogens is 1. The van der Waals surface area contributed by atoms with Gasteiger partial charge >= 0.3 is 0 Å². The van der Waals surface area contributed by atoms with Crippen molar-refractivity contribution in [1.29, 1.82) is 0 Å². The van der Waals surface area contributed by atoms with Gasteiger partial charge in [-0.3, -0.25) is 0 Å². The smallest absolute Gasteiger partial charge is 0.173 e. The summed E-state index contributed by atoms with van der Waals surface area (Å²) in [5.41, 5.74) is 1.37. The van der Waals surface area contributed by atoms with Crippen molar-refractivity contribution in [3.8, 4) is 0 Å². The molecule has 2 atom stereocenters. The van der Waals surface area contributed by atoms with Crippen LogP contribution in [0.25, 0.3) is 0 Å². The lowest BCUT2D eigenvalue weighted by molar-refractivity contribution is 0.216. The SMILES string of the molecule is Cc1ccc(NC(=S)N2CC(C)CC(C)C2)cc1F. The third kappa shape index (κ3) is 3.66. The third-order valence-corrected chi connectivity index (χ3v) is 3.94. The number of nitrogens with one attached hydrogen (secondary N) is 1. The Morgan fingerprint density at radius 1 is 1.32 bits per heavy atom. The molecule has 1 aliphatic rings. The molecule has 104 valence electrons. The summed E-state index contributed by atoms with van der Waals surface area (Å²) in [6.45, 7) is 8.20. The lowest BCUT2D eigenvalue weighted by atomic mass is 9.92. The van der Waals surface area contributed by atoms with Crippen molar-refractivity contribution in [1.82, 2.24) is 4.90 Å². The quantitative estimate of drug-likeness (QED) is 0.788. The van der Waals surface area contributed by atoms with Crippen LogP contribution >= 0.6 is 12.2 Å². The highest BCUT2D eigenvalue weighted by molar-refractivity contribution is 7.80. The average Bonchev–Trinajstić information content (AvgIpc) is 2.32. The first kappa shape index (κ1) is 14.3. The first-order valence-corrected chi connectivity index (χ1v) is 7.18. The normalized spacial score (nSPS) is 23.3. The van der Waals surface area contributed by atoms with Crippen LogP contribution in [-0.4, -0.2) is 23.1 Å². The Hall–Kier alpha value is -1.16. The van der Waals surface area contributed by atoms with Gasteiger partial charge in [-0.15, -0.1) is 0 Å². The molecule has 0 aliphatic carbocycles. The second kappa shape index (κ2) is 5.87. The molecule has 1 N–H and O–H groups in total. The van der Waals surface area contributed by atoms with Gasteiger partial charge in [-0.05, 0) is 55.1 Å². The van der Waals surface area contributed by atoms with Crippen molar-refractivity contribution < 1.29 is 4.39 Å². The molecule has 19 heavy (non-hydrogen) atoms. The standard InChI is InChI=1S/C15H21FN2S/c1-10-6-11(2)9-18(8-10)15(19)17-13-5-4-12(3)14(16)7-13/h4-5,7,10-11H,6,8-9H2,1-3H3,(H,17,19). The van der Waals surface area contributed by atoms with Gasteiger partial charge in [0.05, 0.1) is 0 Å². The monoisotopic (exact) mass is 280 g/mol. The zero-order chi connectivity index (χ0) is 14.0. The summed E-state index contributed by atoms with van der Waals surface area (Å²) >= 11 is 5.43. The van der Waals surface area contributed by atoms with E-state index >= 15 is 0 Å². The fourth-order valence-corrected chi connectivity index (χ4v) is 2.97. The topological polar surface area (TPSA) is 15.3 Å². The van der Waals surface area contributed by atoms with Crippen LogP contribution in [0.15, 0.2) is 18.2 Å². The molecular weight excluding hydrogens is 259 g/mol. The Labute approximate surface area is 120 Å². The molecular formula is C15H21FN2S. The molecule has 2 nitrogen and oxygen atoms in total. The molecule has 1 saturated heterocycles. The van der Waals surface area contributed by atoms with Crippen molar-refractivity contribution in [3.05, 3.63) is 29.6 Å². The molecule has 0 radical (unpaired) electrons. The minimum atomic E-state index is -0.201. The van der Waals surface area contributed by atoms with Gasteiger partial charge in [0.15, 0.2) is 5.11 Å². The number of piperidine rings is 1. The Morgan fingerprint density at radius 3 is 2.53 bits per heavy atom. The van der Waals surface area contributed by atoms with Gasteiger partial charge in [0, 0.05) is 18.8 Å². The predicted molar refractivity (Wildman–Crippen MR) is 81.9 cm³/mol. The molecule has 0 spiro atoms. The summed E-state index contributed by atoms with van der Waals surface area (Å²) in [6, 6.07) is 5.13. The van der Waals surface area contributed by atoms with Gasteiger partial charge in [0.2, 0.25) is 0 Å². The molecule has 1 aliphatic heterocycles. The highest BCUT2D eigenvalue weighted by Gasteiger charge is 2.23. The van der Waals surface area contributed by atoms with E-state index in [4.69, 9.17) is 12.2 Å². The van der Waals surface area contributed by atoms with Gasteiger partial charge in [-0.2, -0.15) is 0 Å². The Kier molecular flexibility index (Phi) is 4.40. The van der Waals surface area contributed by atoms with E-state index in [1.807, 2.05) is 6.07 Å². The molecule has 0 aromatic heterocycles. The fraction of sp³-hybridized carbons (Fsp3) is 0.533. The van der Waals surface area contributed by atoms with E-state index in [-0.39, 0.29) is 5.82 Å². The zero-order valence-electron chi connectivity index (χ0n) is 11.7. The van der Waals surface area contributed by atoms with E-state index in [0.29, 0.717) is 22.5 Å². The summed E-state index contributed by atoms with van der Waals surface area (Å²) < 4.78 is 13.5. The number of rotatable bonds is 1. The fourth-order valence-electron chi connectivity index (χ4n) is 2.70. The molecule has 1 fully saturated rings. The first-order chi connectivity index (χ1) is 8.95. The minimum Gasteiger partial charge on any atom is -0.348 e. The molecule has 2 rings (SSSR count). The first-order valence-electron chi connectivity index (χ1n) is 6.77. The molecule has 1 aromatic rings. The van der Waals surface area contributed by atoms with Crippen LogP contribution < -0.4 is 5.32 Å². The number of nitrogens with zero attached hydrogens (tertiary/aromatic N) is 1. The average molecular weight is 280 g/mol. The van der Waals surface area contributed by atoms with Gasteiger partial charge in [-0.1, -0.05) is 19.9 Å². The molecule has 1 aromatic carbocycles. The Morgan fingerprint density at radius 2 is 1.95 bits per heavy atom. The lowest BCUT2D eigenvalue weighted by Crippen LogP contribution is -2.44. The summed E-state index contributed by atoms with van der Waals surface area (Å²) in [5.74, 6) is 1.10. The summed E-state index contributed by atoms with van der Waals surface area (Å²) in [4.78, 5) is 2.19. The Bertz CT molecular complexity index is 465. The number of aryl methyl sites for hydroxylation is 1. The van der Waals surface area contributed by atoms with Crippen molar-refractivity contribution in [2.75, 3.05) is 18.4 Å². The maximum absolute atomic E-state index is 13.5. The van der Waals surface area contributed by atoms with Crippen molar-refractivity contribution in [2.45, 2.75) is 27.2 Å². The van der Waals surface area contributed by atoms with Crippen molar-refractivity contribution in [3.63, 3.8) is 0 Å². The van der Waals surface area contributed by atoms with Crippen LogP contribution in [0.1, 0.15) is 25.8 Å². The van der Waals surface area contributed by atoms with E-state index in [1.54, 1.807) is 13.0 Å². The highest BCUT2D eigenvalue weighted by atomic mass is 32.1. The maximum atomic E-state index is 13.5. The van der Waals surface area contributed by atoms with E-state index in [2.05, 4.69) is 24.1 Å². The number of hydrogen-bond donors (Lipinski definition) is 1. The van der Waals surface area contributed by atoms with E-state index < -0.39 is 0 Å². The zero-order valence-corrected chi connectivity index (χ0v) is 12.6. The number of hydrogen-bond acceptors (Lipinski definition) is 1. The van der Waals surface area contributed by atoms with E-state index in [0.717, 1.165) is 18.8 Å². The van der Waals surface area contributed by atoms with Crippen LogP contribution in [0.2, 0.25) is 0 Å². The molecule has 0 bridgehead atoms. The molecule has 0 saturated carbocycles. The number of anilines is 1. The molecule has 2 unspecified atom stereocenters. The maximum Gasteiger partial charge on any atom is 0.173 e. The van der Waals surface area contributed by atoms with Crippen LogP contribution in [0.3, 0.4) is 0 Å². The van der Waals surface area contributed by atoms with Crippen molar-refractivity contribution in [2.24, 2.45) is 11.8 Å². The second-order valence-corrected chi connectivity index (χ2v) is 6.13. The van der Waals surface area contributed by atoms with Crippen LogP contribution in [0.4, 0.5) is 10.1 Å². The highest BCUT2D eigenvalue weighted by Crippen LogP contribution is 2.22. The second-order valence-electron chi connectivity index (χ2n) is 5.75. The van der Waals surface area contributed by atoms with Gasteiger partial charge in [0.1, 0.15) is 5.82 Å². The molecule has 1 heterocycles. The number of thiocarbonyl (C=S) groups is 1. The Balaban J connectivity index is 2.02. The third-order valence-electron chi connectivity index (χ3n) is 3.58. The van der Waals surface area contributed by atoms with Crippen molar-refractivity contribution >= 4 is 23.0 Å². The van der Waals surface area contributed by atoms with Gasteiger partial charge in [-0.25, -0.2) is 4.39 Å². The predicted octanol–water partition coefficient (Wildman–Crippen LogP) is 3.81. The molecule has 0 amide bonds. The van der Waals surface area contributed by atoms with Gasteiger partial charge < -0.3 is 10.2 Å².